The van der Waals surface area contributed by atoms with Gasteiger partial charge < -0.3 is 9.63 Å². The van der Waals surface area contributed by atoms with Gasteiger partial charge >= 0.3 is 12.1 Å². The molecule has 0 spiro atoms. The van der Waals surface area contributed by atoms with Crippen molar-refractivity contribution in [3.05, 3.63) is 11.7 Å². The van der Waals surface area contributed by atoms with Crippen molar-refractivity contribution in [2.75, 3.05) is 0 Å². The first-order valence-electron chi connectivity index (χ1n) is 4.99. The van der Waals surface area contributed by atoms with Crippen molar-refractivity contribution >= 4 is 5.97 Å². The molecule has 5 nitrogen and oxygen atoms in total. The first-order valence-corrected chi connectivity index (χ1v) is 4.99. The maximum absolute atomic E-state index is 11.9. The predicted octanol–water partition coefficient (Wildman–Crippen LogP) is 1.75. The van der Waals surface area contributed by atoms with Crippen LogP contribution in [0.1, 0.15) is 30.5 Å². The summed E-state index contributed by atoms with van der Waals surface area (Å²) in [5, 5.41) is 12.1. The van der Waals surface area contributed by atoms with Crippen LogP contribution in [0.3, 0.4) is 0 Å². The molecular weight excluding hydrogens is 241 g/mol. The third-order valence-electron chi connectivity index (χ3n) is 2.54. The fourth-order valence-electron chi connectivity index (χ4n) is 1.51. The van der Waals surface area contributed by atoms with Crippen molar-refractivity contribution in [2.45, 2.75) is 31.4 Å². The van der Waals surface area contributed by atoms with Crippen LogP contribution >= 0.6 is 0 Å². The molecule has 8 heteroatoms. The van der Waals surface area contributed by atoms with E-state index in [2.05, 4.69) is 10.1 Å². The van der Waals surface area contributed by atoms with Crippen molar-refractivity contribution in [2.24, 2.45) is 5.92 Å². The molecular formula is C9H9F3N2O3. The van der Waals surface area contributed by atoms with Gasteiger partial charge in [-0.05, 0) is 6.42 Å². The Hall–Kier alpha value is -1.60. The van der Waals surface area contributed by atoms with Crippen LogP contribution in [-0.2, 0) is 11.2 Å². The number of nitrogens with zero attached hydrogens (tertiary/aromatic N) is 2. The average Bonchev–Trinajstić information content (AvgIpc) is 2.87. The van der Waals surface area contributed by atoms with Gasteiger partial charge in [0.1, 0.15) is 0 Å². The quantitative estimate of drug-likeness (QED) is 0.880. The standard InChI is InChI=1S/C9H9F3N2O3/c10-9(11,12)2-1-6-13-7(17-14-6)4-3-5(4)8(15)16/h4-5H,1-3H2,(H,15,16). The van der Waals surface area contributed by atoms with Gasteiger partial charge in [-0.2, -0.15) is 18.2 Å². The van der Waals surface area contributed by atoms with E-state index < -0.39 is 24.5 Å². The van der Waals surface area contributed by atoms with Gasteiger partial charge in [-0.25, -0.2) is 0 Å². The molecule has 0 aromatic carbocycles. The number of aliphatic carboxylic acids is 1. The highest BCUT2D eigenvalue weighted by atomic mass is 19.4. The zero-order valence-electron chi connectivity index (χ0n) is 8.57. The van der Waals surface area contributed by atoms with Gasteiger partial charge in [-0.1, -0.05) is 5.16 Å². The molecule has 1 heterocycles. The van der Waals surface area contributed by atoms with E-state index in [0.29, 0.717) is 6.42 Å². The summed E-state index contributed by atoms with van der Waals surface area (Å²) in [6.45, 7) is 0. The Kier molecular flexibility index (Phi) is 2.80. The lowest BCUT2D eigenvalue weighted by Crippen LogP contribution is -2.09. The highest BCUT2D eigenvalue weighted by molar-refractivity contribution is 5.74. The summed E-state index contributed by atoms with van der Waals surface area (Å²) in [5.74, 6) is -1.77. The number of hydrogen-bond acceptors (Lipinski definition) is 4. The Morgan fingerprint density at radius 1 is 1.53 bits per heavy atom. The van der Waals surface area contributed by atoms with Crippen molar-refractivity contribution in [3.63, 3.8) is 0 Å². The summed E-state index contributed by atoms with van der Waals surface area (Å²) in [5.41, 5.74) is 0. The fourth-order valence-corrected chi connectivity index (χ4v) is 1.51. The van der Waals surface area contributed by atoms with Crippen LogP contribution < -0.4 is 0 Å². The van der Waals surface area contributed by atoms with Gasteiger partial charge in [0.05, 0.1) is 18.3 Å². The number of carboxylic acid groups (broad SMARTS) is 1. The molecule has 0 amide bonds. The Morgan fingerprint density at radius 2 is 2.24 bits per heavy atom. The number of carbonyl (C=O) groups is 1. The fraction of sp³-hybridized carbons (Fsp3) is 0.667. The number of aryl methyl sites for hydroxylation is 1. The van der Waals surface area contributed by atoms with Crippen LogP contribution in [0.25, 0.3) is 0 Å². The van der Waals surface area contributed by atoms with Gasteiger partial charge in [0.25, 0.3) is 0 Å². The van der Waals surface area contributed by atoms with Crippen LogP contribution in [0.2, 0.25) is 0 Å². The summed E-state index contributed by atoms with van der Waals surface area (Å²) in [4.78, 5) is 14.3. The minimum absolute atomic E-state index is 0.0339. The molecule has 2 unspecified atom stereocenters. The lowest BCUT2D eigenvalue weighted by Gasteiger charge is -2.01. The lowest BCUT2D eigenvalue weighted by atomic mass is 10.3. The van der Waals surface area contributed by atoms with E-state index in [9.17, 15) is 18.0 Å². The number of rotatable bonds is 4. The number of carboxylic acids is 1. The molecule has 0 radical (unpaired) electrons. The highest BCUT2D eigenvalue weighted by Crippen LogP contribution is 2.46. The second-order valence-electron chi connectivity index (χ2n) is 3.95. The number of halogens is 3. The number of hydrogen-bond donors (Lipinski definition) is 1. The van der Waals surface area contributed by atoms with E-state index in [-0.39, 0.29) is 24.1 Å². The maximum atomic E-state index is 11.9. The van der Waals surface area contributed by atoms with Crippen LogP contribution in [0, 0.1) is 5.92 Å². The maximum Gasteiger partial charge on any atom is 0.389 e. The monoisotopic (exact) mass is 250 g/mol. The predicted molar refractivity (Wildman–Crippen MR) is 47.2 cm³/mol. The summed E-state index contributed by atoms with van der Waals surface area (Å²) >= 11 is 0. The van der Waals surface area contributed by atoms with E-state index in [1.54, 1.807) is 0 Å². The Balaban J connectivity index is 1.91. The molecule has 1 fully saturated rings. The first kappa shape index (κ1) is 11.9. The molecule has 0 saturated heterocycles. The Morgan fingerprint density at radius 3 is 2.76 bits per heavy atom. The third kappa shape index (κ3) is 2.95. The molecule has 1 aromatic heterocycles. The van der Waals surface area contributed by atoms with Crippen LogP contribution in [0.5, 0.6) is 0 Å². The van der Waals surface area contributed by atoms with Crippen LogP contribution in [0.15, 0.2) is 4.52 Å². The van der Waals surface area contributed by atoms with E-state index in [1.807, 2.05) is 0 Å². The molecule has 0 bridgehead atoms. The molecule has 1 aromatic rings. The van der Waals surface area contributed by atoms with Gasteiger partial charge in [0, 0.05) is 6.42 Å². The summed E-state index contributed by atoms with van der Waals surface area (Å²) in [6.07, 6.45) is -5.23. The SMILES string of the molecule is O=C(O)C1CC1c1nc(CCC(F)(F)F)no1. The second kappa shape index (κ2) is 4.01. The summed E-state index contributed by atoms with van der Waals surface area (Å²) in [6, 6.07) is 0. The molecule has 94 valence electrons. The van der Waals surface area contributed by atoms with E-state index in [4.69, 9.17) is 9.63 Å². The van der Waals surface area contributed by atoms with E-state index >= 15 is 0 Å². The van der Waals surface area contributed by atoms with Crippen LogP contribution in [0.4, 0.5) is 13.2 Å². The van der Waals surface area contributed by atoms with Crippen molar-refractivity contribution in [3.8, 4) is 0 Å². The minimum Gasteiger partial charge on any atom is -0.481 e. The van der Waals surface area contributed by atoms with E-state index in [0.717, 1.165) is 0 Å². The zero-order chi connectivity index (χ0) is 12.6. The smallest absolute Gasteiger partial charge is 0.389 e. The van der Waals surface area contributed by atoms with Gasteiger partial charge in [-0.15, -0.1) is 0 Å². The van der Waals surface area contributed by atoms with Gasteiger partial charge in [0.2, 0.25) is 5.89 Å². The minimum atomic E-state index is -4.26. The Bertz CT molecular complexity index is 429. The average molecular weight is 250 g/mol. The topological polar surface area (TPSA) is 76.2 Å². The number of alkyl halides is 3. The molecule has 2 rings (SSSR count). The molecule has 1 saturated carbocycles. The van der Waals surface area contributed by atoms with Gasteiger partial charge in [-0.3, -0.25) is 4.79 Å². The highest BCUT2D eigenvalue weighted by Gasteiger charge is 2.48. The van der Waals surface area contributed by atoms with Crippen molar-refractivity contribution in [1.82, 2.24) is 10.1 Å². The van der Waals surface area contributed by atoms with Gasteiger partial charge in [0.15, 0.2) is 5.82 Å². The molecule has 2 atom stereocenters. The normalized spacial score (nSPS) is 23.7. The molecule has 1 N–H and O–H groups in total. The van der Waals surface area contributed by atoms with Crippen molar-refractivity contribution in [1.29, 1.82) is 0 Å². The molecule has 17 heavy (non-hydrogen) atoms. The zero-order valence-corrected chi connectivity index (χ0v) is 8.57. The third-order valence-corrected chi connectivity index (χ3v) is 2.54. The molecule has 1 aliphatic carbocycles. The van der Waals surface area contributed by atoms with E-state index in [1.165, 1.54) is 0 Å². The number of aromatic nitrogens is 2. The molecule has 0 aliphatic heterocycles. The summed E-state index contributed by atoms with van der Waals surface area (Å²) < 4.78 is 40.5. The second-order valence-corrected chi connectivity index (χ2v) is 3.95. The summed E-state index contributed by atoms with van der Waals surface area (Å²) in [7, 11) is 0. The van der Waals surface area contributed by atoms with Crippen molar-refractivity contribution < 1.29 is 27.6 Å². The lowest BCUT2D eigenvalue weighted by molar-refractivity contribution is -0.138. The van der Waals surface area contributed by atoms with Crippen LogP contribution in [-0.4, -0.2) is 27.4 Å². The Labute approximate surface area is 93.6 Å². The molecule has 1 aliphatic rings. The largest absolute Gasteiger partial charge is 0.481 e. The first-order chi connectivity index (χ1) is 7.87.